The SMILES string of the molecule is CNC(CC1CCCCCC1)C(C)C. The van der Waals surface area contributed by atoms with Crippen molar-refractivity contribution >= 4 is 0 Å². The lowest BCUT2D eigenvalue weighted by molar-refractivity contribution is 0.312. The average Bonchev–Trinajstić information content (AvgIpc) is 2.41. The molecule has 0 aromatic rings. The molecule has 0 aromatic heterocycles. The Balaban J connectivity index is 2.32. The van der Waals surface area contributed by atoms with Crippen LogP contribution in [0.3, 0.4) is 0 Å². The van der Waals surface area contributed by atoms with Crippen molar-refractivity contribution in [2.24, 2.45) is 11.8 Å². The van der Waals surface area contributed by atoms with Gasteiger partial charge in [0.2, 0.25) is 0 Å². The zero-order valence-corrected chi connectivity index (χ0v) is 10.2. The molecule has 0 aromatic carbocycles. The molecule has 0 amide bonds. The first-order valence-electron chi connectivity index (χ1n) is 6.41. The van der Waals surface area contributed by atoms with E-state index in [0.717, 1.165) is 17.9 Å². The van der Waals surface area contributed by atoms with Crippen LogP contribution < -0.4 is 5.32 Å². The minimum atomic E-state index is 0.734. The Bertz CT molecular complexity index is 134. The highest BCUT2D eigenvalue weighted by Gasteiger charge is 2.18. The fraction of sp³-hybridized carbons (Fsp3) is 1.00. The molecule has 1 saturated carbocycles. The second kappa shape index (κ2) is 6.44. The minimum Gasteiger partial charge on any atom is -0.317 e. The quantitative estimate of drug-likeness (QED) is 0.679. The zero-order valence-electron chi connectivity index (χ0n) is 10.2. The highest BCUT2D eigenvalue weighted by molar-refractivity contribution is 4.75. The largest absolute Gasteiger partial charge is 0.317 e. The molecule has 0 spiro atoms. The maximum absolute atomic E-state index is 3.47. The molecular weight excluding hydrogens is 170 g/mol. The maximum Gasteiger partial charge on any atom is 0.00896 e. The second-order valence-corrected chi connectivity index (χ2v) is 5.23. The predicted molar refractivity (Wildman–Crippen MR) is 63.5 cm³/mol. The molecule has 1 aliphatic rings. The maximum atomic E-state index is 3.47. The van der Waals surface area contributed by atoms with Crippen LogP contribution in [0.1, 0.15) is 58.8 Å². The van der Waals surface area contributed by atoms with E-state index in [0.29, 0.717) is 0 Å². The summed E-state index contributed by atoms with van der Waals surface area (Å²) in [5.74, 6) is 1.78. The molecule has 1 heteroatoms. The Morgan fingerprint density at radius 1 is 1.07 bits per heavy atom. The average molecular weight is 197 g/mol. The molecule has 1 aliphatic carbocycles. The van der Waals surface area contributed by atoms with Crippen molar-refractivity contribution in [2.45, 2.75) is 64.8 Å². The van der Waals surface area contributed by atoms with Crippen molar-refractivity contribution in [2.75, 3.05) is 7.05 Å². The Morgan fingerprint density at radius 2 is 1.64 bits per heavy atom. The number of hydrogen-bond acceptors (Lipinski definition) is 1. The highest BCUT2D eigenvalue weighted by atomic mass is 14.9. The fourth-order valence-electron chi connectivity index (χ4n) is 2.68. The molecule has 1 atom stereocenters. The van der Waals surface area contributed by atoms with Crippen LogP contribution in [-0.2, 0) is 0 Å². The van der Waals surface area contributed by atoms with Gasteiger partial charge in [0, 0.05) is 6.04 Å². The molecule has 14 heavy (non-hydrogen) atoms. The van der Waals surface area contributed by atoms with Crippen LogP contribution in [-0.4, -0.2) is 13.1 Å². The molecule has 0 heterocycles. The van der Waals surface area contributed by atoms with Crippen molar-refractivity contribution < 1.29 is 0 Å². The van der Waals surface area contributed by atoms with Gasteiger partial charge in [-0.15, -0.1) is 0 Å². The van der Waals surface area contributed by atoms with Crippen molar-refractivity contribution in [3.8, 4) is 0 Å². The summed E-state index contributed by atoms with van der Waals surface area (Å²) in [4.78, 5) is 0. The third-order valence-electron chi connectivity index (χ3n) is 3.74. The molecule has 1 rings (SSSR count). The zero-order chi connectivity index (χ0) is 10.4. The van der Waals surface area contributed by atoms with E-state index in [1.54, 1.807) is 0 Å². The molecule has 0 bridgehead atoms. The molecule has 0 radical (unpaired) electrons. The van der Waals surface area contributed by atoms with Gasteiger partial charge >= 0.3 is 0 Å². The summed E-state index contributed by atoms with van der Waals surface area (Å²) < 4.78 is 0. The molecule has 84 valence electrons. The summed E-state index contributed by atoms with van der Waals surface area (Å²) in [5.41, 5.74) is 0. The topological polar surface area (TPSA) is 12.0 Å². The first-order chi connectivity index (χ1) is 6.74. The lowest BCUT2D eigenvalue weighted by Crippen LogP contribution is -2.32. The second-order valence-electron chi connectivity index (χ2n) is 5.23. The number of rotatable bonds is 4. The lowest BCUT2D eigenvalue weighted by Gasteiger charge is -2.25. The summed E-state index contributed by atoms with van der Waals surface area (Å²) >= 11 is 0. The molecule has 0 saturated heterocycles. The highest BCUT2D eigenvalue weighted by Crippen LogP contribution is 2.27. The fourth-order valence-corrected chi connectivity index (χ4v) is 2.68. The van der Waals surface area contributed by atoms with E-state index in [-0.39, 0.29) is 0 Å². The van der Waals surface area contributed by atoms with E-state index >= 15 is 0 Å². The van der Waals surface area contributed by atoms with Crippen LogP contribution in [0.2, 0.25) is 0 Å². The third kappa shape index (κ3) is 4.00. The van der Waals surface area contributed by atoms with Crippen LogP contribution in [0.4, 0.5) is 0 Å². The van der Waals surface area contributed by atoms with Crippen molar-refractivity contribution in [1.82, 2.24) is 5.32 Å². The predicted octanol–water partition coefficient (Wildman–Crippen LogP) is 3.59. The van der Waals surface area contributed by atoms with Crippen molar-refractivity contribution in [1.29, 1.82) is 0 Å². The first kappa shape index (κ1) is 12.0. The first-order valence-corrected chi connectivity index (χ1v) is 6.41. The van der Waals surface area contributed by atoms with Crippen LogP contribution in [0.25, 0.3) is 0 Å². The van der Waals surface area contributed by atoms with Crippen LogP contribution in [0, 0.1) is 11.8 Å². The van der Waals surface area contributed by atoms with E-state index in [9.17, 15) is 0 Å². The summed E-state index contributed by atoms with van der Waals surface area (Å²) in [6.45, 7) is 4.66. The molecule has 1 unspecified atom stereocenters. The van der Waals surface area contributed by atoms with E-state index in [1.165, 1.54) is 44.9 Å². The number of hydrogen-bond donors (Lipinski definition) is 1. The molecule has 0 aliphatic heterocycles. The van der Waals surface area contributed by atoms with Crippen molar-refractivity contribution in [3.05, 3.63) is 0 Å². The molecule has 1 fully saturated rings. The van der Waals surface area contributed by atoms with Gasteiger partial charge in [0.1, 0.15) is 0 Å². The molecular formula is C13H27N. The number of nitrogens with one attached hydrogen (secondary N) is 1. The smallest absolute Gasteiger partial charge is 0.00896 e. The lowest BCUT2D eigenvalue weighted by atomic mass is 9.88. The van der Waals surface area contributed by atoms with Crippen molar-refractivity contribution in [3.63, 3.8) is 0 Å². The van der Waals surface area contributed by atoms with E-state index < -0.39 is 0 Å². The minimum absolute atomic E-state index is 0.734. The van der Waals surface area contributed by atoms with E-state index in [2.05, 4.69) is 26.2 Å². The Kier molecular flexibility index (Phi) is 5.54. The van der Waals surface area contributed by atoms with Gasteiger partial charge in [-0.3, -0.25) is 0 Å². The van der Waals surface area contributed by atoms with Gasteiger partial charge in [0.05, 0.1) is 0 Å². The standard InChI is InChI=1S/C13H27N/c1-11(2)13(14-3)10-12-8-6-4-5-7-9-12/h11-14H,4-10H2,1-3H3. The Labute approximate surface area is 89.7 Å². The van der Waals surface area contributed by atoms with Gasteiger partial charge in [-0.1, -0.05) is 52.4 Å². The Hall–Kier alpha value is -0.0400. The van der Waals surface area contributed by atoms with E-state index in [1.807, 2.05) is 0 Å². The molecule has 1 nitrogen and oxygen atoms in total. The third-order valence-corrected chi connectivity index (χ3v) is 3.74. The normalized spacial score (nSPS) is 22.3. The van der Waals surface area contributed by atoms with Crippen LogP contribution in [0.15, 0.2) is 0 Å². The van der Waals surface area contributed by atoms with Gasteiger partial charge in [-0.05, 0) is 25.3 Å². The van der Waals surface area contributed by atoms with Gasteiger partial charge in [-0.25, -0.2) is 0 Å². The van der Waals surface area contributed by atoms with Crippen LogP contribution >= 0.6 is 0 Å². The summed E-state index contributed by atoms with van der Waals surface area (Å²) in [7, 11) is 2.11. The summed E-state index contributed by atoms with van der Waals surface area (Å²) in [6.07, 6.45) is 10.2. The monoisotopic (exact) mass is 197 g/mol. The van der Waals surface area contributed by atoms with Gasteiger partial charge in [-0.2, -0.15) is 0 Å². The summed E-state index contributed by atoms with van der Waals surface area (Å²) in [6, 6.07) is 0.734. The Morgan fingerprint density at radius 3 is 2.07 bits per heavy atom. The summed E-state index contributed by atoms with van der Waals surface area (Å²) in [5, 5.41) is 3.47. The van der Waals surface area contributed by atoms with Gasteiger partial charge in [0.25, 0.3) is 0 Å². The molecule has 1 N–H and O–H groups in total. The van der Waals surface area contributed by atoms with E-state index in [4.69, 9.17) is 0 Å². The van der Waals surface area contributed by atoms with Gasteiger partial charge in [0.15, 0.2) is 0 Å². The van der Waals surface area contributed by atoms with Crippen LogP contribution in [0.5, 0.6) is 0 Å². The van der Waals surface area contributed by atoms with Gasteiger partial charge < -0.3 is 5.32 Å².